The summed E-state index contributed by atoms with van der Waals surface area (Å²) in [6, 6.07) is 0. The maximum atomic E-state index is 11.4. The number of nitrogens with zero attached hydrogens (tertiary/aromatic N) is 1. The van der Waals surface area contributed by atoms with E-state index in [1.807, 2.05) is 13.8 Å². The lowest BCUT2D eigenvalue weighted by molar-refractivity contribution is 0.292. The first-order valence-electron chi connectivity index (χ1n) is 5.29. The minimum atomic E-state index is -3.35. The quantitative estimate of drug-likeness (QED) is 0.605. The minimum absolute atomic E-state index is 0.347. The van der Waals surface area contributed by atoms with Gasteiger partial charge in [0.25, 0.3) is 0 Å². The standard InChI is InChI=1S/C9H22N2O3S/c1-4-11(5-2)7-6-10-15(13,14)9(3)8-12/h9-10,12H,4-8H2,1-3H3. The van der Waals surface area contributed by atoms with E-state index in [4.69, 9.17) is 5.11 Å². The van der Waals surface area contributed by atoms with Gasteiger partial charge in [-0.05, 0) is 20.0 Å². The molecular weight excluding hydrogens is 216 g/mol. The average Bonchev–Trinajstić information content (AvgIpc) is 2.23. The summed E-state index contributed by atoms with van der Waals surface area (Å²) in [6.07, 6.45) is 0. The van der Waals surface area contributed by atoms with Crippen molar-refractivity contribution in [3.8, 4) is 0 Å². The topological polar surface area (TPSA) is 69.6 Å². The van der Waals surface area contributed by atoms with Crippen molar-refractivity contribution < 1.29 is 13.5 Å². The van der Waals surface area contributed by atoms with E-state index in [2.05, 4.69) is 9.62 Å². The van der Waals surface area contributed by atoms with Gasteiger partial charge in [0, 0.05) is 13.1 Å². The second kappa shape index (κ2) is 7.16. The Hall–Kier alpha value is -0.170. The lowest BCUT2D eigenvalue weighted by Gasteiger charge is -2.18. The van der Waals surface area contributed by atoms with Crippen LogP contribution in [0, 0.1) is 0 Å². The highest BCUT2D eigenvalue weighted by atomic mass is 32.2. The van der Waals surface area contributed by atoms with Crippen LogP contribution in [0.2, 0.25) is 0 Å². The van der Waals surface area contributed by atoms with E-state index >= 15 is 0 Å². The second-order valence-corrected chi connectivity index (χ2v) is 5.64. The van der Waals surface area contributed by atoms with E-state index in [-0.39, 0.29) is 6.61 Å². The zero-order valence-corrected chi connectivity index (χ0v) is 10.5. The highest BCUT2D eigenvalue weighted by Gasteiger charge is 2.18. The predicted molar refractivity (Wildman–Crippen MR) is 61.3 cm³/mol. The molecule has 1 unspecified atom stereocenters. The molecular formula is C9H22N2O3S. The maximum Gasteiger partial charge on any atom is 0.216 e. The van der Waals surface area contributed by atoms with Gasteiger partial charge in [0.2, 0.25) is 10.0 Å². The molecule has 0 amide bonds. The Morgan fingerprint density at radius 3 is 2.27 bits per heavy atom. The number of hydrogen-bond acceptors (Lipinski definition) is 4. The van der Waals surface area contributed by atoms with Crippen LogP contribution < -0.4 is 4.72 Å². The molecule has 0 fully saturated rings. The number of sulfonamides is 1. The molecule has 0 aromatic carbocycles. The third-order valence-corrected chi connectivity index (χ3v) is 4.23. The first-order valence-corrected chi connectivity index (χ1v) is 6.84. The largest absolute Gasteiger partial charge is 0.395 e. The lowest BCUT2D eigenvalue weighted by Crippen LogP contribution is -2.39. The smallest absolute Gasteiger partial charge is 0.216 e. The first kappa shape index (κ1) is 14.8. The van der Waals surface area contributed by atoms with Crippen LogP contribution in [0.5, 0.6) is 0 Å². The third kappa shape index (κ3) is 5.46. The van der Waals surface area contributed by atoms with Gasteiger partial charge in [-0.3, -0.25) is 0 Å². The molecule has 5 nitrogen and oxygen atoms in total. The van der Waals surface area contributed by atoms with Crippen molar-refractivity contribution in [2.75, 3.05) is 32.8 Å². The Bertz CT molecular complexity index is 250. The van der Waals surface area contributed by atoms with Crippen molar-refractivity contribution in [2.45, 2.75) is 26.0 Å². The summed E-state index contributed by atoms with van der Waals surface area (Å²) in [5, 5.41) is 8.00. The molecule has 2 N–H and O–H groups in total. The van der Waals surface area contributed by atoms with E-state index in [1.165, 1.54) is 6.92 Å². The number of aliphatic hydroxyl groups is 1. The Balaban J connectivity index is 3.95. The van der Waals surface area contributed by atoms with Gasteiger partial charge in [-0.15, -0.1) is 0 Å². The normalized spacial score (nSPS) is 14.5. The van der Waals surface area contributed by atoms with E-state index in [1.54, 1.807) is 0 Å². The molecule has 0 spiro atoms. The number of hydrogen-bond donors (Lipinski definition) is 2. The number of rotatable bonds is 8. The van der Waals surface area contributed by atoms with Crippen molar-refractivity contribution >= 4 is 10.0 Å². The van der Waals surface area contributed by atoms with Crippen LogP contribution in [0.4, 0.5) is 0 Å². The van der Waals surface area contributed by atoms with E-state index in [9.17, 15) is 8.42 Å². The molecule has 0 aliphatic heterocycles. The summed E-state index contributed by atoms with van der Waals surface area (Å²) < 4.78 is 25.3. The molecule has 0 radical (unpaired) electrons. The summed E-state index contributed by atoms with van der Waals surface area (Å²) >= 11 is 0. The van der Waals surface area contributed by atoms with Crippen LogP contribution in [0.15, 0.2) is 0 Å². The number of nitrogens with one attached hydrogen (secondary N) is 1. The molecule has 0 rings (SSSR count). The van der Waals surface area contributed by atoms with Gasteiger partial charge in [0.05, 0.1) is 11.9 Å². The van der Waals surface area contributed by atoms with E-state index in [0.29, 0.717) is 13.1 Å². The number of aliphatic hydroxyl groups excluding tert-OH is 1. The molecule has 0 aliphatic rings. The van der Waals surface area contributed by atoms with E-state index < -0.39 is 15.3 Å². The van der Waals surface area contributed by atoms with Gasteiger partial charge < -0.3 is 10.0 Å². The molecule has 1 atom stereocenters. The monoisotopic (exact) mass is 238 g/mol. The third-order valence-electron chi connectivity index (χ3n) is 2.41. The highest BCUT2D eigenvalue weighted by Crippen LogP contribution is 1.96. The first-order chi connectivity index (χ1) is 6.97. The molecule has 0 aliphatic carbocycles. The van der Waals surface area contributed by atoms with Crippen molar-refractivity contribution in [1.29, 1.82) is 0 Å². The summed E-state index contributed by atoms with van der Waals surface area (Å²) in [6.45, 7) is 8.13. The molecule has 0 saturated heterocycles. The van der Waals surface area contributed by atoms with Crippen LogP contribution in [0.25, 0.3) is 0 Å². The zero-order valence-electron chi connectivity index (χ0n) is 9.73. The fourth-order valence-corrected chi connectivity index (χ4v) is 1.98. The van der Waals surface area contributed by atoms with Crippen LogP contribution in [0.1, 0.15) is 20.8 Å². The number of likely N-dealkylation sites (N-methyl/N-ethyl adjacent to an activating group) is 1. The summed E-state index contributed by atoms with van der Waals surface area (Å²) in [5.41, 5.74) is 0. The summed E-state index contributed by atoms with van der Waals surface area (Å²) in [7, 11) is -3.35. The minimum Gasteiger partial charge on any atom is -0.395 e. The van der Waals surface area contributed by atoms with E-state index in [0.717, 1.165) is 13.1 Å². The van der Waals surface area contributed by atoms with Crippen LogP contribution in [-0.4, -0.2) is 56.5 Å². The average molecular weight is 238 g/mol. The molecule has 0 bridgehead atoms. The molecule has 6 heteroatoms. The summed E-state index contributed by atoms with van der Waals surface area (Å²) in [4.78, 5) is 2.13. The van der Waals surface area contributed by atoms with Gasteiger partial charge in [0.15, 0.2) is 0 Å². The fraction of sp³-hybridized carbons (Fsp3) is 1.00. The SMILES string of the molecule is CCN(CC)CCNS(=O)(=O)C(C)CO. The predicted octanol–water partition coefficient (Wildman–Crippen LogP) is -0.372. The van der Waals surface area contributed by atoms with Crippen molar-refractivity contribution in [3.05, 3.63) is 0 Å². The van der Waals surface area contributed by atoms with Gasteiger partial charge in [-0.25, -0.2) is 13.1 Å². The molecule has 0 heterocycles. The molecule has 15 heavy (non-hydrogen) atoms. The van der Waals surface area contributed by atoms with Crippen molar-refractivity contribution in [3.63, 3.8) is 0 Å². The van der Waals surface area contributed by atoms with Crippen molar-refractivity contribution in [1.82, 2.24) is 9.62 Å². The molecule has 92 valence electrons. The van der Waals surface area contributed by atoms with Gasteiger partial charge >= 0.3 is 0 Å². The van der Waals surface area contributed by atoms with Gasteiger partial charge in [-0.2, -0.15) is 0 Å². The highest BCUT2D eigenvalue weighted by molar-refractivity contribution is 7.90. The fourth-order valence-electron chi connectivity index (χ4n) is 1.13. The second-order valence-electron chi connectivity index (χ2n) is 3.46. The molecule has 0 saturated carbocycles. The molecule has 0 aromatic heterocycles. The van der Waals surface area contributed by atoms with Crippen LogP contribution in [0.3, 0.4) is 0 Å². The Morgan fingerprint density at radius 1 is 1.33 bits per heavy atom. The van der Waals surface area contributed by atoms with Crippen LogP contribution >= 0.6 is 0 Å². The zero-order chi connectivity index (χ0) is 11.9. The Labute approximate surface area is 92.5 Å². The Kier molecular flexibility index (Phi) is 7.08. The lowest BCUT2D eigenvalue weighted by atomic mass is 10.5. The van der Waals surface area contributed by atoms with Crippen molar-refractivity contribution in [2.24, 2.45) is 0 Å². The molecule has 0 aromatic rings. The summed E-state index contributed by atoms with van der Waals surface area (Å²) in [5.74, 6) is 0. The van der Waals surface area contributed by atoms with Crippen LogP contribution in [-0.2, 0) is 10.0 Å². The van der Waals surface area contributed by atoms with Gasteiger partial charge in [0.1, 0.15) is 0 Å². The van der Waals surface area contributed by atoms with Gasteiger partial charge in [-0.1, -0.05) is 13.8 Å². The maximum absolute atomic E-state index is 11.4. The Morgan fingerprint density at radius 2 is 1.87 bits per heavy atom.